The molecule has 0 amide bonds. The lowest BCUT2D eigenvalue weighted by molar-refractivity contribution is 0.443. The zero-order valence-electron chi connectivity index (χ0n) is 8.79. The van der Waals surface area contributed by atoms with Crippen molar-refractivity contribution in [2.45, 2.75) is 0 Å². The van der Waals surface area contributed by atoms with E-state index in [-0.39, 0.29) is 5.88 Å². The van der Waals surface area contributed by atoms with Crippen LogP contribution in [0, 0.1) is 5.82 Å². The molecule has 0 aliphatic heterocycles. The molecule has 2 heterocycles. The first-order valence-electron chi connectivity index (χ1n) is 4.91. The lowest BCUT2D eigenvalue weighted by Gasteiger charge is -2.04. The number of ether oxygens (including phenoxy) is 1. The molecule has 0 aliphatic rings. The van der Waals surface area contributed by atoms with Crippen molar-refractivity contribution in [3.8, 4) is 11.6 Å². The van der Waals surface area contributed by atoms with Crippen molar-refractivity contribution in [3.05, 3.63) is 40.6 Å². The van der Waals surface area contributed by atoms with Crippen LogP contribution in [0.4, 0.5) is 4.39 Å². The predicted molar refractivity (Wildman–Crippen MR) is 62.8 cm³/mol. The molecule has 0 atom stereocenters. The van der Waals surface area contributed by atoms with Gasteiger partial charge in [0.2, 0.25) is 5.88 Å². The van der Waals surface area contributed by atoms with Crippen molar-refractivity contribution in [1.82, 2.24) is 25.3 Å². The van der Waals surface area contributed by atoms with Crippen molar-refractivity contribution in [1.29, 1.82) is 0 Å². The number of halogens is 2. The van der Waals surface area contributed by atoms with Gasteiger partial charge in [-0.2, -0.15) is 0 Å². The number of rotatable bonds is 2. The van der Waals surface area contributed by atoms with Crippen LogP contribution in [0.3, 0.4) is 0 Å². The smallest absolute Gasteiger partial charge is 0.239 e. The largest absolute Gasteiger partial charge is 0.437 e. The van der Waals surface area contributed by atoms with E-state index in [0.717, 1.165) is 0 Å². The SMILES string of the molecule is Fc1cc(Oc2ccc3nnnn3n2)ccc1Br. The summed E-state index contributed by atoms with van der Waals surface area (Å²) in [5.74, 6) is 0.211. The maximum absolute atomic E-state index is 13.3. The Morgan fingerprint density at radius 2 is 2.11 bits per heavy atom. The van der Waals surface area contributed by atoms with Crippen LogP contribution in [0.25, 0.3) is 5.65 Å². The van der Waals surface area contributed by atoms with Crippen molar-refractivity contribution in [2.24, 2.45) is 0 Å². The van der Waals surface area contributed by atoms with Gasteiger partial charge in [-0.25, -0.2) is 4.39 Å². The fraction of sp³-hybridized carbons (Fsp3) is 0. The van der Waals surface area contributed by atoms with Crippen LogP contribution in [0.5, 0.6) is 11.6 Å². The molecule has 0 aliphatic carbocycles. The molecule has 6 nitrogen and oxygen atoms in total. The Morgan fingerprint density at radius 3 is 2.94 bits per heavy atom. The van der Waals surface area contributed by atoms with E-state index in [9.17, 15) is 4.39 Å². The van der Waals surface area contributed by atoms with Gasteiger partial charge in [-0.3, -0.25) is 0 Å². The molecular weight excluding hydrogens is 305 g/mol. The van der Waals surface area contributed by atoms with Crippen LogP contribution >= 0.6 is 15.9 Å². The number of nitrogens with zero attached hydrogens (tertiary/aromatic N) is 5. The maximum Gasteiger partial charge on any atom is 0.239 e. The van der Waals surface area contributed by atoms with Crippen molar-refractivity contribution < 1.29 is 9.13 Å². The Bertz CT molecular complexity index is 716. The Labute approximate surface area is 109 Å². The summed E-state index contributed by atoms with van der Waals surface area (Å²) in [4.78, 5) is 0. The Hall–Kier alpha value is -2.09. The monoisotopic (exact) mass is 309 g/mol. The summed E-state index contributed by atoms with van der Waals surface area (Å²) in [6, 6.07) is 7.69. The Balaban J connectivity index is 1.92. The lowest BCUT2D eigenvalue weighted by atomic mass is 10.3. The number of fused-ring (bicyclic) bond motifs is 1. The second-order valence-corrected chi connectivity index (χ2v) is 4.23. The third kappa shape index (κ3) is 2.02. The van der Waals surface area contributed by atoms with E-state index in [1.165, 1.54) is 10.7 Å². The summed E-state index contributed by atoms with van der Waals surface area (Å²) in [7, 11) is 0. The summed E-state index contributed by atoms with van der Waals surface area (Å²) >= 11 is 3.07. The Kier molecular flexibility index (Phi) is 2.63. The number of hydrogen-bond acceptors (Lipinski definition) is 5. The van der Waals surface area contributed by atoms with E-state index in [1.807, 2.05) is 0 Å². The van der Waals surface area contributed by atoms with Crippen molar-refractivity contribution >= 4 is 21.6 Å². The second-order valence-electron chi connectivity index (χ2n) is 3.38. The molecule has 90 valence electrons. The number of benzene rings is 1. The number of aromatic nitrogens is 5. The highest BCUT2D eigenvalue weighted by molar-refractivity contribution is 9.10. The van der Waals surface area contributed by atoms with Crippen molar-refractivity contribution in [3.63, 3.8) is 0 Å². The molecule has 3 rings (SSSR count). The zero-order chi connectivity index (χ0) is 12.5. The first kappa shape index (κ1) is 11.0. The third-order valence-corrected chi connectivity index (χ3v) is 2.80. The summed E-state index contributed by atoms with van der Waals surface area (Å²) in [6.45, 7) is 0. The van der Waals surface area contributed by atoms with Gasteiger partial charge >= 0.3 is 0 Å². The predicted octanol–water partition coefficient (Wildman–Crippen LogP) is 2.21. The molecule has 0 N–H and O–H groups in total. The van der Waals surface area contributed by atoms with E-state index < -0.39 is 5.82 Å². The van der Waals surface area contributed by atoms with Gasteiger partial charge in [0.25, 0.3) is 0 Å². The molecule has 0 saturated carbocycles. The van der Waals surface area contributed by atoms with Gasteiger partial charge in [0.05, 0.1) is 4.47 Å². The van der Waals surface area contributed by atoms with Gasteiger partial charge in [0.15, 0.2) is 5.65 Å². The van der Waals surface area contributed by atoms with Gasteiger partial charge in [-0.15, -0.1) is 14.8 Å². The molecule has 0 bridgehead atoms. The molecule has 1 aromatic carbocycles. The summed E-state index contributed by atoms with van der Waals surface area (Å²) < 4.78 is 20.3. The highest BCUT2D eigenvalue weighted by atomic mass is 79.9. The minimum Gasteiger partial charge on any atom is -0.437 e. The fourth-order valence-corrected chi connectivity index (χ4v) is 1.60. The molecule has 0 saturated heterocycles. The van der Waals surface area contributed by atoms with E-state index >= 15 is 0 Å². The number of tetrazole rings is 1. The lowest BCUT2D eigenvalue weighted by Crippen LogP contribution is -1.97. The van der Waals surface area contributed by atoms with Gasteiger partial charge in [-0.05, 0) is 44.6 Å². The molecule has 0 unspecified atom stereocenters. The van der Waals surface area contributed by atoms with Crippen LogP contribution in [0.1, 0.15) is 0 Å². The highest BCUT2D eigenvalue weighted by Crippen LogP contribution is 2.24. The molecule has 2 aromatic heterocycles. The topological polar surface area (TPSA) is 65.2 Å². The fourth-order valence-electron chi connectivity index (χ4n) is 1.35. The van der Waals surface area contributed by atoms with Gasteiger partial charge in [0.1, 0.15) is 11.6 Å². The molecule has 0 spiro atoms. The average molecular weight is 310 g/mol. The maximum atomic E-state index is 13.3. The minimum absolute atomic E-state index is 0.275. The first-order valence-corrected chi connectivity index (χ1v) is 5.70. The van der Waals surface area contributed by atoms with E-state index in [0.29, 0.717) is 15.9 Å². The molecule has 18 heavy (non-hydrogen) atoms. The van der Waals surface area contributed by atoms with Crippen LogP contribution < -0.4 is 4.74 Å². The van der Waals surface area contributed by atoms with E-state index in [1.54, 1.807) is 24.3 Å². The van der Waals surface area contributed by atoms with E-state index in [4.69, 9.17) is 4.74 Å². The van der Waals surface area contributed by atoms with Crippen LogP contribution in [-0.2, 0) is 0 Å². The third-order valence-electron chi connectivity index (χ3n) is 2.16. The molecule has 0 radical (unpaired) electrons. The standard InChI is InChI=1S/C10H5BrFN5O/c11-7-2-1-6(5-8(7)12)18-10-4-3-9-13-15-16-17(9)14-10/h1-5H. The van der Waals surface area contributed by atoms with E-state index in [2.05, 4.69) is 36.6 Å². The molecule has 8 heteroatoms. The van der Waals surface area contributed by atoms with Crippen molar-refractivity contribution in [2.75, 3.05) is 0 Å². The molecule has 0 fully saturated rings. The van der Waals surface area contributed by atoms with Crippen LogP contribution in [-0.4, -0.2) is 25.3 Å². The normalized spacial score (nSPS) is 10.8. The first-order chi connectivity index (χ1) is 8.72. The van der Waals surface area contributed by atoms with Crippen LogP contribution in [0.15, 0.2) is 34.8 Å². The summed E-state index contributed by atoms with van der Waals surface area (Å²) in [6.07, 6.45) is 0. The van der Waals surface area contributed by atoms with Gasteiger partial charge < -0.3 is 4.74 Å². The molecular formula is C10H5BrFN5O. The van der Waals surface area contributed by atoms with Gasteiger partial charge in [-0.1, -0.05) is 0 Å². The zero-order valence-corrected chi connectivity index (χ0v) is 10.4. The highest BCUT2D eigenvalue weighted by Gasteiger charge is 2.05. The van der Waals surface area contributed by atoms with Gasteiger partial charge in [0, 0.05) is 12.1 Å². The molecule has 3 aromatic rings. The summed E-state index contributed by atoms with van der Waals surface area (Å²) in [5, 5.41) is 14.8. The minimum atomic E-state index is -0.406. The van der Waals surface area contributed by atoms with Crippen LogP contribution in [0.2, 0.25) is 0 Å². The quantitative estimate of drug-likeness (QED) is 0.726. The second kappa shape index (κ2) is 4.30. The average Bonchev–Trinajstić information content (AvgIpc) is 2.81. The Morgan fingerprint density at radius 1 is 1.22 bits per heavy atom. The summed E-state index contributed by atoms with van der Waals surface area (Å²) in [5.41, 5.74) is 0.504. The number of hydrogen-bond donors (Lipinski definition) is 0.